The number of imidazole rings is 1. The van der Waals surface area contributed by atoms with E-state index >= 15 is 0 Å². The first kappa shape index (κ1) is 40.6. The van der Waals surface area contributed by atoms with Crippen molar-refractivity contribution in [2.75, 3.05) is 12.3 Å². The molecule has 36 heavy (non-hydrogen) atoms. The Morgan fingerprint density at radius 1 is 1.11 bits per heavy atom. The molecule has 0 saturated carbocycles. The summed E-state index contributed by atoms with van der Waals surface area (Å²) in [6.45, 7) is -1.26. The minimum atomic E-state index is -6.61. The van der Waals surface area contributed by atoms with Crippen molar-refractivity contribution in [2.45, 2.75) is 24.5 Å². The zero-order valence-electron chi connectivity index (χ0n) is 19.2. The van der Waals surface area contributed by atoms with Crippen LogP contribution in [0.15, 0.2) is 11.1 Å². The summed E-state index contributed by atoms with van der Waals surface area (Å²) in [7, 11) is -19.3. The number of anilines is 1. The molecule has 180 valence electrons. The Kier molecular flexibility index (Phi) is 17.0. The summed E-state index contributed by atoms with van der Waals surface area (Å²) in [6, 6.07) is 0. The second-order valence-corrected chi connectivity index (χ2v) is 11.6. The molecular formula is C10H13N6Na4O13P3. The topological polar surface area (TPSA) is 315 Å². The molecule has 1 unspecified atom stereocenters. The number of aliphatic hydroxyl groups is 2. The van der Waals surface area contributed by atoms with E-state index in [2.05, 4.69) is 19.5 Å². The molecule has 6 N–H and O–H groups in total. The van der Waals surface area contributed by atoms with Gasteiger partial charge in [0.15, 0.2) is 17.4 Å². The largest absolute Gasteiger partial charge is 1.00 e. The predicted molar refractivity (Wildman–Crippen MR) is 91.3 cm³/mol. The van der Waals surface area contributed by atoms with Crippen molar-refractivity contribution in [2.24, 2.45) is 0 Å². The molecule has 0 radical (unpaired) electrons. The first-order chi connectivity index (χ1) is 14.5. The molecular weight excluding hydrogens is 597 g/mol. The Morgan fingerprint density at radius 3 is 2.14 bits per heavy atom. The minimum absolute atomic E-state index is 0. The van der Waals surface area contributed by atoms with E-state index in [1.54, 1.807) is 0 Å². The van der Waals surface area contributed by atoms with Crippen molar-refractivity contribution >= 4 is 40.4 Å². The van der Waals surface area contributed by atoms with Gasteiger partial charge in [0.2, 0.25) is 5.95 Å². The Balaban J connectivity index is 0. The van der Waals surface area contributed by atoms with E-state index in [-0.39, 0.29) is 135 Å². The third-order valence-electron chi connectivity index (χ3n) is 4.13. The van der Waals surface area contributed by atoms with E-state index in [9.17, 15) is 53.2 Å². The van der Waals surface area contributed by atoms with Crippen molar-refractivity contribution in [3.05, 3.63) is 16.7 Å². The molecule has 2 aromatic rings. The van der Waals surface area contributed by atoms with E-state index < -0.39 is 64.2 Å². The Hall–Kier alpha value is 2.44. The van der Waals surface area contributed by atoms with Crippen molar-refractivity contribution < 1.29 is 176 Å². The third-order valence-corrected chi connectivity index (χ3v) is 9.93. The number of nitrogens with zero attached hydrogens (tertiary/aromatic N) is 4. The molecule has 19 nitrogen and oxygen atoms in total. The number of hydrogen-bond acceptors (Lipinski definition) is 15. The summed E-state index contributed by atoms with van der Waals surface area (Å²) in [6.07, 6.45) is -5.94. The molecule has 2 aromatic heterocycles. The average Bonchev–Trinajstić information content (AvgIpc) is 3.12. The number of H-pyrrole nitrogens is 1. The number of aromatic amines is 1. The molecule has 0 bridgehead atoms. The van der Waals surface area contributed by atoms with Crippen LogP contribution in [0.4, 0.5) is 5.95 Å². The van der Waals surface area contributed by atoms with Crippen LogP contribution in [0, 0.1) is 0 Å². The average molecular weight is 610 g/mol. The van der Waals surface area contributed by atoms with Crippen LogP contribution in [0.25, 0.3) is 11.2 Å². The molecule has 1 aliphatic heterocycles. The molecule has 0 amide bonds. The monoisotopic (exact) mass is 610 g/mol. The van der Waals surface area contributed by atoms with Crippen LogP contribution in [-0.2, 0) is 23.0 Å². The fourth-order valence-electron chi connectivity index (χ4n) is 2.86. The van der Waals surface area contributed by atoms with Gasteiger partial charge in [-0.2, -0.15) is 9.20 Å². The number of aromatic nitrogens is 4. The summed E-state index contributed by atoms with van der Waals surface area (Å²) in [5, 5.41) is 20.4. The van der Waals surface area contributed by atoms with Gasteiger partial charge in [-0.05, 0) is 0 Å². The van der Waals surface area contributed by atoms with Crippen molar-refractivity contribution in [1.29, 1.82) is 0 Å². The number of nitrogen functional groups attached to an aromatic ring is 1. The van der Waals surface area contributed by atoms with E-state index in [1.165, 1.54) is 0 Å². The first-order valence-electron chi connectivity index (χ1n) is 8.11. The van der Waals surface area contributed by atoms with Crippen molar-refractivity contribution in [3.63, 3.8) is 0 Å². The number of fused-ring (bicyclic) bond motifs is 1. The van der Waals surface area contributed by atoms with Crippen LogP contribution >= 0.6 is 23.2 Å². The standard InChI is InChI=1S/C10H17N6O13P3.4Na/c11-10-13-7-4(8(19)14-10)12-2-15(7)9-6(18)5(17)3(29-9)1-28-32(26,27)16(30(20,21)22)31(23,24)25;;;;/h2-3,5-6,9,17-18H,1H2,(H,26,27)(H2,20,21,22)(H2,23,24,25)(H3,11,13,14,19);;;;/q;4*+1/p-4/t3-,5-,6-,9-;;;;/m1..../s1. The fourth-order valence-corrected chi connectivity index (χ4v) is 6.90. The van der Waals surface area contributed by atoms with Gasteiger partial charge in [0.05, 0.1) is 12.9 Å². The molecule has 3 heterocycles. The van der Waals surface area contributed by atoms with Gasteiger partial charge < -0.3 is 54.3 Å². The normalized spacial score (nSPS) is 23.7. The molecule has 1 saturated heterocycles. The van der Waals surface area contributed by atoms with Gasteiger partial charge in [-0.3, -0.25) is 18.9 Å². The second-order valence-electron chi connectivity index (χ2n) is 6.31. The molecule has 1 fully saturated rings. The maximum atomic E-state index is 12.0. The van der Waals surface area contributed by atoms with Crippen molar-refractivity contribution in [3.8, 4) is 0 Å². The number of ether oxygens (including phenoxy) is 1. The zero-order valence-corrected chi connectivity index (χ0v) is 29.9. The van der Waals surface area contributed by atoms with Gasteiger partial charge in [-0.1, -0.05) is 0 Å². The first-order valence-corrected chi connectivity index (χ1v) is 12.6. The molecule has 3 rings (SSSR count). The van der Waals surface area contributed by atoms with E-state index in [4.69, 9.17) is 10.5 Å². The van der Waals surface area contributed by atoms with Gasteiger partial charge in [0.25, 0.3) is 5.56 Å². The van der Waals surface area contributed by atoms with Gasteiger partial charge >= 0.3 is 126 Å². The Morgan fingerprint density at radius 2 is 1.64 bits per heavy atom. The maximum Gasteiger partial charge on any atom is 1.00 e. The molecule has 0 aliphatic carbocycles. The van der Waals surface area contributed by atoms with Gasteiger partial charge in [-0.15, -0.1) is 0 Å². The zero-order chi connectivity index (χ0) is 24.2. The van der Waals surface area contributed by atoms with Crippen LogP contribution in [-0.4, -0.2) is 63.8 Å². The van der Waals surface area contributed by atoms with Crippen LogP contribution in [0.1, 0.15) is 6.23 Å². The molecule has 1 aliphatic rings. The smallest absolute Gasteiger partial charge is 0.799 e. The minimum Gasteiger partial charge on any atom is -0.799 e. The second kappa shape index (κ2) is 15.1. The number of aliphatic hydroxyl groups excluding tert-OH is 2. The number of rotatable bonds is 7. The van der Waals surface area contributed by atoms with E-state index in [1.807, 2.05) is 0 Å². The maximum absolute atomic E-state index is 12.0. The quantitative estimate of drug-likeness (QED) is 0.143. The fraction of sp³-hybridized carbons (Fsp3) is 0.500. The third kappa shape index (κ3) is 8.97. The SMILES string of the molecule is Nc1nc2c(ncn2[C@@H]2O[C@H](COP(=O)(O)N(P(=O)([O-])[O-])P(=O)([O-])[O-])[C@@H](O)[C@H]2O)c(=O)[nH]1.[Na+].[Na+].[Na+].[Na+]. The summed E-state index contributed by atoms with van der Waals surface area (Å²) in [5.74, 6) is -0.321. The summed E-state index contributed by atoms with van der Waals surface area (Å²) >= 11 is 0. The van der Waals surface area contributed by atoms with Crippen LogP contribution in [0.2, 0.25) is 0 Å². The number of hydrogen-bond donors (Lipinski definition) is 5. The summed E-state index contributed by atoms with van der Waals surface area (Å²) in [4.78, 5) is 75.0. The Labute approximate surface area is 289 Å². The molecule has 26 heteroatoms. The predicted octanol–water partition coefficient (Wildman–Crippen LogP) is -17.6. The van der Waals surface area contributed by atoms with Crippen LogP contribution in [0.5, 0.6) is 0 Å². The summed E-state index contributed by atoms with van der Waals surface area (Å²) in [5.41, 5.74) is 4.31. The van der Waals surface area contributed by atoms with Gasteiger partial charge in [0, 0.05) is 15.5 Å². The van der Waals surface area contributed by atoms with Crippen LogP contribution < -0.4 is 149 Å². The molecule has 0 spiro atoms. The van der Waals surface area contributed by atoms with Crippen LogP contribution in [0.3, 0.4) is 0 Å². The molecule has 5 atom stereocenters. The number of nitrogens with one attached hydrogen (secondary N) is 1. The van der Waals surface area contributed by atoms with Gasteiger partial charge in [0.1, 0.15) is 18.3 Å². The van der Waals surface area contributed by atoms with Gasteiger partial charge in [-0.25, -0.2) is 9.55 Å². The Bertz CT molecular complexity index is 1210. The van der Waals surface area contributed by atoms with E-state index in [0.717, 1.165) is 10.9 Å². The number of nitrogens with two attached hydrogens (primary N) is 1. The van der Waals surface area contributed by atoms with E-state index in [0.29, 0.717) is 0 Å². The van der Waals surface area contributed by atoms with Crippen molar-refractivity contribution in [1.82, 2.24) is 23.7 Å². The molecule has 0 aromatic carbocycles. The summed E-state index contributed by atoms with van der Waals surface area (Å²) < 4.78 is 42.6.